The Morgan fingerprint density at radius 2 is 1.37 bits per heavy atom. The molecule has 0 fully saturated rings. The lowest BCUT2D eigenvalue weighted by Crippen LogP contribution is -2.37. The van der Waals surface area contributed by atoms with Gasteiger partial charge in [0.25, 0.3) is 0 Å². The second kappa shape index (κ2) is 11.4. The first-order valence-electron chi connectivity index (χ1n) is 7.19. The van der Waals surface area contributed by atoms with Crippen LogP contribution in [0.25, 0.3) is 0 Å². The predicted octanol–water partition coefficient (Wildman–Crippen LogP) is 2.98. The van der Waals surface area contributed by atoms with Crippen LogP contribution in [-0.2, 0) is 19.0 Å². The minimum absolute atomic E-state index is 0.00503. The van der Waals surface area contributed by atoms with Crippen molar-refractivity contribution < 1.29 is 19.0 Å². The van der Waals surface area contributed by atoms with Crippen molar-refractivity contribution in [3.05, 3.63) is 0 Å². The molecule has 4 nitrogen and oxygen atoms in total. The van der Waals surface area contributed by atoms with Gasteiger partial charge in [-0.2, -0.15) is 0 Å². The van der Waals surface area contributed by atoms with E-state index >= 15 is 0 Å². The average molecular weight is 274 g/mol. The lowest BCUT2D eigenvalue weighted by atomic mass is 10.0. The van der Waals surface area contributed by atoms with Gasteiger partial charge in [-0.3, -0.25) is 4.79 Å². The van der Waals surface area contributed by atoms with Crippen LogP contribution in [0.5, 0.6) is 0 Å². The molecule has 0 N–H and O–H groups in total. The van der Waals surface area contributed by atoms with Gasteiger partial charge in [-0.15, -0.1) is 0 Å². The van der Waals surface area contributed by atoms with Crippen molar-refractivity contribution in [3.63, 3.8) is 0 Å². The number of hydrogen-bond acceptors (Lipinski definition) is 4. The summed E-state index contributed by atoms with van der Waals surface area (Å²) in [6.45, 7) is 5.23. The predicted molar refractivity (Wildman–Crippen MR) is 76.5 cm³/mol. The van der Waals surface area contributed by atoms with Crippen LogP contribution >= 0.6 is 0 Å². The highest BCUT2D eigenvalue weighted by atomic mass is 16.5. The summed E-state index contributed by atoms with van der Waals surface area (Å²) in [6.07, 6.45) is 7.00. The molecule has 0 saturated carbocycles. The van der Waals surface area contributed by atoms with Gasteiger partial charge in [0, 0.05) is 27.4 Å². The zero-order valence-electron chi connectivity index (χ0n) is 13.0. The topological polar surface area (TPSA) is 44.8 Å². The molecule has 0 heterocycles. The molecule has 0 unspecified atom stereocenters. The van der Waals surface area contributed by atoms with E-state index < -0.39 is 5.60 Å². The number of unbranched alkanes of at least 4 members (excludes halogenated alkanes) is 5. The number of rotatable bonds is 13. The lowest BCUT2D eigenvalue weighted by molar-refractivity contribution is -0.144. The van der Waals surface area contributed by atoms with E-state index in [1.807, 2.05) is 0 Å². The maximum atomic E-state index is 11.7. The van der Waals surface area contributed by atoms with E-state index in [1.165, 1.54) is 26.4 Å². The van der Waals surface area contributed by atoms with E-state index in [9.17, 15) is 4.79 Å². The molecule has 0 atom stereocenters. The molecule has 114 valence electrons. The van der Waals surface area contributed by atoms with Gasteiger partial charge in [-0.05, 0) is 26.7 Å². The van der Waals surface area contributed by atoms with Crippen molar-refractivity contribution in [1.82, 2.24) is 0 Å². The summed E-state index contributed by atoms with van der Waals surface area (Å²) < 4.78 is 15.5. The third-order valence-electron chi connectivity index (χ3n) is 3.15. The van der Waals surface area contributed by atoms with E-state index in [4.69, 9.17) is 14.2 Å². The van der Waals surface area contributed by atoms with Gasteiger partial charge in [0.1, 0.15) is 12.2 Å². The van der Waals surface area contributed by atoms with Crippen LogP contribution in [0.2, 0.25) is 0 Å². The summed E-state index contributed by atoms with van der Waals surface area (Å²) in [5.74, 6) is -0.00503. The Balaban J connectivity index is 3.45. The van der Waals surface area contributed by atoms with Crippen molar-refractivity contribution in [3.8, 4) is 0 Å². The Morgan fingerprint density at radius 3 is 1.89 bits per heavy atom. The third kappa shape index (κ3) is 10.0. The largest absolute Gasteiger partial charge is 0.385 e. The van der Waals surface area contributed by atoms with Gasteiger partial charge in [0.05, 0.1) is 0 Å². The van der Waals surface area contributed by atoms with Crippen LogP contribution in [0, 0.1) is 0 Å². The summed E-state index contributed by atoms with van der Waals surface area (Å²) in [5.41, 5.74) is -0.728. The fourth-order valence-corrected chi connectivity index (χ4v) is 1.77. The van der Waals surface area contributed by atoms with Crippen LogP contribution < -0.4 is 0 Å². The molecule has 4 heteroatoms. The first-order valence-corrected chi connectivity index (χ1v) is 7.19. The average Bonchev–Trinajstić information content (AvgIpc) is 2.37. The Labute approximate surface area is 117 Å². The Bertz CT molecular complexity index is 226. The molecular weight excluding hydrogens is 244 g/mol. The zero-order chi connectivity index (χ0) is 14.6. The van der Waals surface area contributed by atoms with Gasteiger partial charge in [-0.25, -0.2) is 0 Å². The lowest BCUT2D eigenvalue weighted by Gasteiger charge is -2.23. The number of carbonyl (C=O) groups is 1. The minimum atomic E-state index is -0.728. The van der Waals surface area contributed by atoms with Gasteiger partial charge >= 0.3 is 0 Å². The summed E-state index contributed by atoms with van der Waals surface area (Å²) in [6, 6.07) is 0. The summed E-state index contributed by atoms with van der Waals surface area (Å²) in [7, 11) is 3.27. The van der Waals surface area contributed by atoms with Crippen molar-refractivity contribution in [2.45, 2.75) is 58.0 Å². The first-order chi connectivity index (χ1) is 9.04. The number of ether oxygens (including phenoxy) is 3. The molecule has 0 spiro atoms. The normalized spacial score (nSPS) is 11.8. The highest BCUT2D eigenvalue weighted by Crippen LogP contribution is 2.13. The number of ketones is 1. The summed E-state index contributed by atoms with van der Waals surface area (Å²) >= 11 is 0. The quantitative estimate of drug-likeness (QED) is 0.484. The molecule has 19 heavy (non-hydrogen) atoms. The second-order valence-corrected chi connectivity index (χ2v) is 5.33. The highest BCUT2D eigenvalue weighted by Gasteiger charge is 2.27. The highest BCUT2D eigenvalue weighted by molar-refractivity contribution is 5.87. The Kier molecular flexibility index (Phi) is 11.1. The molecule has 0 aromatic carbocycles. The number of hydrogen-bond donors (Lipinski definition) is 0. The molecule has 0 rings (SSSR count). The molecule has 0 aliphatic carbocycles. The van der Waals surface area contributed by atoms with Gasteiger partial charge in [-0.1, -0.05) is 25.7 Å². The molecule has 0 aromatic rings. The van der Waals surface area contributed by atoms with Crippen LogP contribution in [0.3, 0.4) is 0 Å². The maximum absolute atomic E-state index is 11.7. The van der Waals surface area contributed by atoms with Crippen molar-refractivity contribution in [1.29, 1.82) is 0 Å². The molecule has 0 aliphatic heterocycles. The SMILES string of the molecule is COCCCCCCCCOC(C)(C)C(=O)COC. The van der Waals surface area contributed by atoms with E-state index in [0.29, 0.717) is 6.61 Å². The molecule has 0 amide bonds. The fourth-order valence-electron chi connectivity index (χ4n) is 1.77. The maximum Gasteiger partial charge on any atom is 0.189 e. The van der Waals surface area contributed by atoms with Gasteiger partial charge < -0.3 is 14.2 Å². The van der Waals surface area contributed by atoms with Crippen LogP contribution in [0.4, 0.5) is 0 Å². The molecule has 0 aliphatic rings. The van der Waals surface area contributed by atoms with E-state index in [2.05, 4.69) is 0 Å². The minimum Gasteiger partial charge on any atom is -0.385 e. The summed E-state index contributed by atoms with van der Waals surface area (Å²) in [5, 5.41) is 0. The number of methoxy groups -OCH3 is 2. The number of Topliss-reactive ketones (excluding diaryl/α,β-unsaturated/α-hetero) is 1. The van der Waals surface area contributed by atoms with Crippen LogP contribution in [0.1, 0.15) is 52.4 Å². The summed E-state index contributed by atoms with van der Waals surface area (Å²) in [4.78, 5) is 11.7. The molecule has 0 aromatic heterocycles. The van der Waals surface area contributed by atoms with E-state index in [0.717, 1.165) is 25.9 Å². The molecular formula is C15H30O4. The first kappa shape index (κ1) is 18.6. The Hall–Kier alpha value is -0.450. The van der Waals surface area contributed by atoms with Crippen molar-refractivity contribution in [2.75, 3.05) is 34.0 Å². The van der Waals surface area contributed by atoms with Crippen LogP contribution in [-0.4, -0.2) is 45.4 Å². The van der Waals surface area contributed by atoms with E-state index in [-0.39, 0.29) is 12.4 Å². The van der Waals surface area contributed by atoms with Gasteiger partial charge in [0.15, 0.2) is 5.78 Å². The molecule has 0 saturated heterocycles. The smallest absolute Gasteiger partial charge is 0.189 e. The fraction of sp³-hybridized carbons (Fsp3) is 0.933. The van der Waals surface area contributed by atoms with E-state index in [1.54, 1.807) is 21.0 Å². The van der Waals surface area contributed by atoms with Crippen LogP contribution in [0.15, 0.2) is 0 Å². The van der Waals surface area contributed by atoms with Crippen molar-refractivity contribution in [2.24, 2.45) is 0 Å². The monoisotopic (exact) mass is 274 g/mol. The second-order valence-electron chi connectivity index (χ2n) is 5.33. The number of carbonyl (C=O) groups excluding carboxylic acids is 1. The molecule has 0 bridgehead atoms. The third-order valence-corrected chi connectivity index (χ3v) is 3.15. The Morgan fingerprint density at radius 1 is 0.842 bits per heavy atom. The zero-order valence-corrected chi connectivity index (χ0v) is 13.0. The standard InChI is InChI=1S/C15H30O4/c1-15(2,14(16)13-18-4)19-12-10-8-6-5-7-9-11-17-3/h5-13H2,1-4H3. The van der Waals surface area contributed by atoms with Gasteiger partial charge in [0.2, 0.25) is 0 Å². The molecule has 0 radical (unpaired) electrons. The van der Waals surface area contributed by atoms with Crippen molar-refractivity contribution >= 4 is 5.78 Å².